The molecule has 0 fully saturated rings. The molecule has 34 heavy (non-hydrogen) atoms. The highest BCUT2D eigenvalue weighted by Gasteiger charge is 2.18. The summed E-state index contributed by atoms with van der Waals surface area (Å²) in [5, 5.41) is 4.85. The summed E-state index contributed by atoms with van der Waals surface area (Å²) in [6, 6.07) is 11.2. The van der Waals surface area contributed by atoms with Crippen LogP contribution in [-0.4, -0.2) is 38.0 Å². The molecule has 0 saturated carbocycles. The summed E-state index contributed by atoms with van der Waals surface area (Å²) in [4.78, 5) is 17.2. The minimum Gasteiger partial charge on any atom is -0.497 e. The van der Waals surface area contributed by atoms with Crippen molar-refractivity contribution in [2.24, 2.45) is 4.99 Å². The molecule has 2 aromatic carbocycles. The molecule has 176 valence electrons. The van der Waals surface area contributed by atoms with Gasteiger partial charge in [-0.3, -0.25) is 15.2 Å². The number of nitrogens with zero attached hydrogens (tertiary/aromatic N) is 2. The molecular weight excluding hydrogens is 452 g/mol. The van der Waals surface area contributed by atoms with E-state index in [2.05, 4.69) is 23.9 Å². The number of rotatable bonds is 8. The predicted molar refractivity (Wildman–Crippen MR) is 135 cm³/mol. The van der Waals surface area contributed by atoms with Gasteiger partial charge in [-0.1, -0.05) is 18.7 Å². The summed E-state index contributed by atoms with van der Waals surface area (Å²) in [6.07, 6.45) is 0. The monoisotopic (exact) mass is 478 g/mol. The summed E-state index contributed by atoms with van der Waals surface area (Å²) < 4.78 is 18.2. The number of anilines is 1. The lowest BCUT2D eigenvalue weighted by atomic mass is 10.1. The van der Waals surface area contributed by atoms with Crippen molar-refractivity contribution < 1.29 is 19.0 Å². The van der Waals surface area contributed by atoms with Gasteiger partial charge >= 0.3 is 0 Å². The first-order valence-electron chi connectivity index (χ1n) is 10.5. The smallest absolute Gasteiger partial charge is 0.262 e. The highest BCUT2D eigenvalue weighted by molar-refractivity contribution is 7.07. The third-order valence-electron chi connectivity index (χ3n) is 5.08. The lowest BCUT2D eigenvalue weighted by molar-refractivity contribution is -0.118. The molecule has 0 atom stereocenters. The van der Waals surface area contributed by atoms with Crippen LogP contribution in [0.15, 0.2) is 65.5 Å². The normalized spacial score (nSPS) is 12.9. The molecule has 8 nitrogen and oxygen atoms in total. The van der Waals surface area contributed by atoms with Crippen molar-refractivity contribution in [2.45, 2.75) is 6.92 Å². The summed E-state index contributed by atoms with van der Waals surface area (Å²) in [6.45, 7) is 10.6. The average molecular weight is 479 g/mol. The van der Waals surface area contributed by atoms with Gasteiger partial charge in [0.15, 0.2) is 6.61 Å². The minimum atomic E-state index is -0.182. The first kappa shape index (κ1) is 23.2. The van der Waals surface area contributed by atoms with E-state index >= 15 is 0 Å². The summed E-state index contributed by atoms with van der Waals surface area (Å²) in [7, 11) is 3.21. The summed E-state index contributed by atoms with van der Waals surface area (Å²) in [5.74, 6) is 1.77. The van der Waals surface area contributed by atoms with E-state index in [1.807, 2.05) is 47.3 Å². The Bertz CT molecular complexity index is 1340. The molecule has 2 N–H and O–H groups in total. The van der Waals surface area contributed by atoms with Gasteiger partial charge in [0.2, 0.25) is 4.80 Å². The largest absolute Gasteiger partial charge is 0.497 e. The fourth-order valence-corrected chi connectivity index (χ4v) is 4.27. The van der Waals surface area contributed by atoms with Gasteiger partial charge in [-0.2, -0.15) is 0 Å². The van der Waals surface area contributed by atoms with Gasteiger partial charge in [0.05, 0.1) is 37.8 Å². The zero-order valence-electron chi connectivity index (χ0n) is 19.3. The molecule has 0 radical (unpaired) electrons. The summed E-state index contributed by atoms with van der Waals surface area (Å²) in [5.41, 5.74) is 8.07. The Balaban J connectivity index is 1.76. The zero-order chi connectivity index (χ0) is 24.2. The molecule has 0 unspecified atom stereocenters. The molecular formula is C25H26N4O4S. The van der Waals surface area contributed by atoms with E-state index in [1.165, 1.54) is 11.3 Å². The fourth-order valence-electron chi connectivity index (χ4n) is 3.42. The number of benzene rings is 2. The number of hydrogen-bond acceptors (Lipinski definition) is 7. The maximum Gasteiger partial charge on any atom is 0.262 e. The van der Waals surface area contributed by atoms with Crippen LogP contribution in [-0.2, 0) is 4.79 Å². The molecule has 1 aliphatic heterocycles. The second-order valence-electron chi connectivity index (χ2n) is 7.72. The van der Waals surface area contributed by atoms with Crippen molar-refractivity contribution in [2.75, 3.05) is 38.1 Å². The van der Waals surface area contributed by atoms with Crippen LogP contribution in [0.3, 0.4) is 0 Å². The van der Waals surface area contributed by atoms with E-state index in [-0.39, 0.29) is 12.5 Å². The van der Waals surface area contributed by atoms with E-state index in [0.717, 1.165) is 27.2 Å². The number of nitrogens with one attached hydrogen (secondary N) is 2. The third-order valence-corrected chi connectivity index (χ3v) is 5.94. The Labute approximate surface area is 201 Å². The van der Waals surface area contributed by atoms with Crippen molar-refractivity contribution >= 4 is 28.6 Å². The Kier molecular flexibility index (Phi) is 6.74. The van der Waals surface area contributed by atoms with Gasteiger partial charge in [0.1, 0.15) is 17.2 Å². The summed E-state index contributed by atoms with van der Waals surface area (Å²) >= 11 is 1.49. The van der Waals surface area contributed by atoms with Crippen LogP contribution >= 0.6 is 11.3 Å². The van der Waals surface area contributed by atoms with Crippen LogP contribution in [0.2, 0.25) is 0 Å². The molecule has 1 aromatic heterocycles. The highest BCUT2D eigenvalue weighted by atomic mass is 32.1. The van der Waals surface area contributed by atoms with Crippen molar-refractivity contribution in [3.8, 4) is 28.5 Å². The molecule has 3 aromatic rings. The quantitative estimate of drug-likeness (QED) is 0.473. The van der Waals surface area contributed by atoms with E-state index in [9.17, 15) is 4.79 Å². The molecule has 0 saturated heterocycles. The Hall–Kier alpha value is -3.98. The number of hydrogen-bond donors (Lipinski definition) is 2. The van der Waals surface area contributed by atoms with Gasteiger partial charge in [0.25, 0.3) is 5.91 Å². The molecule has 1 aliphatic rings. The first-order chi connectivity index (χ1) is 16.4. The fraction of sp³-hybridized carbons (Fsp3) is 0.200. The van der Waals surface area contributed by atoms with Crippen molar-refractivity contribution in [3.63, 3.8) is 0 Å². The van der Waals surface area contributed by atoms with E-state index in [1.54, 1.807) is 20.3 Å². The molecule has 4 rings (SSSR count). The number of amides is 1. The first-order valence-corrected chi connectivity index (χ1v) is 11.4. The molecule has 0 aliphatic carbocycles. The average Bonchev–Trinajstić information content (AvgIpc) is 3.23. The van der Waals surface area contributed by atoms with Crippen molar-refractivity contribution in [1.29, 1.82) is 0 Å². The van der Waals surface area contributed by atoms with Crippen molar-refractivity contribution in [3.05, 3.63) is 70.9 Å². The highest BCUT2D eigenvalue weighted by Crippen LogP contribution is 2.33. The van der Waals surface area contributed by atoms with E-state index in [0.29, 0.717) is 35.2 Å². The second kappa shape index (κ2) is 9.88. The number of methoxy groups -OCH3 is 2. The molecule has 9 heteroatoms. The third kappa shape index (κ3) is 4.84. The zero-order valence-corrected chi connectivity index (χ0v) is 20.1. The lowest BCUT2D eigenvalue weighted by Gasteiger charge is -2.20. The van der Waals surface area contributed by atoms with Gasteiger partial charge in [0, 0.05) is 22.6 Å². The Morgan fingerprint density at radius 1 is 1.24 bits per heavy atom. The van der Waals surface area contributed by atoms with Crippen molar-refractivity contribution in [1.82, 2.24) is 4.68 Å². The molecule has 2 heterocycles. The van der Waals surface area contributed by atoms with Crippen LogP contribution in [0.4, 0.5) is 5.69 Å². The van der Waals surface area contributed by atoms with Gasteiger partial charge in [-0.25, -0.2) is 4.68 Å². The van der Waals surface area contributed by atoms with Crippen LogP contribution in [0.25, 0.3) is 17.0 Å². The van der Waals surface area contributed by atoms with Crippen LogP contribution in [0.5, 0.6) is 17.2 Å². The topological polar surface area (TPSA) is 86.1 Å². The van der Waals surface area contributed by atoms with Crippen LogP contribution in [0.1, 0.15) is 12.5 Å². The lowest BCUT2D eigenvalue weighted by Crippen LogP contribution is -2.26. The van der Waals surface area contributed by atoms with Crippen LogP contribution in [0, 0.1) is 0 Å². The number of thiazole rings is 1. The van der Waals surface area contributed by atoms with Gasteiger partial charge < -0.3 is 19.5 Å². The SMILES string of the molecule is C=C(C)CN=c1scc(-c2ccc3c(c2)NC(=O)CO3)n1NC(=C)c1ccc(OC)cc1OC. The van der Waals surface area contributed by atoms with Crippen LogP contribution < -0.4 is 29.8 Å². The van der Waals surface area contributed by atoms with E-state index < -0.39 is 0 Å². The molecule has 0 spiro atoms. The number of fused-ring (bicyclic) bond motifs is 1. The predicted octanol–water partition coefficient (Wildman–Crippen LogP) is 4.26. The number of ether oxygens (including phenoxy) is 3. The van der Waals surface area contributed by atoms with Gasteiger partial charge in [-0.05, 0) is 37.3 Å². The maximum absolute atomic E-state index is 11.8. The molecule has 0 bridgehead atoms. The number of carbonyl (C=O) groups is 1. The Morgan fingerprint density at radius 3 is 2.79 bits per heavy atom. The van der Waals surface area contributed by atoms with E-state index in [4.69, 9.17) is 19.2 Å². The standard InChI is InChI=1S/C25H26N4O4S/c1-15(2)12-26-25-29(28-16(3)19-8-7-18(31-4)11-23(19)32-5)21(14-34-25)17-6-9-22-20(10-17)27-24(30)13-33-22/h6-11,14,28H,1,3,12-13H2,2,4-5H3,(H,27,30). The Morgan fingerprint density at radius 2 is 2.06 bits per heavy atom. The minimum absolute atomic E-state index is 0.0137. The number of aromatic nitrogens is 1. The van der Waals surface area contributed by atoms with Gasteiger partial charge in [-0.15, -0.1) is 11.3 Å². The maximum atomic E-state index is 11.8. The number of carbonyl (C=O) groups excluding carboxylic acids is 1. The molecule has 1 amide bonds. The second-order valence-corrected chi connectivity index (χ2v) is 8.55.